The number of benzene rings is 1. The Kier molecular flexibility index (Phi) is 2.66. The summed E-state index contributed by atoms with van der Waals surface area (Å²) in [7, 11) is -9.63. The largest absolute Gasteiger partial charge is 0.310 e. The third kappa shape index (κ3) is 3.15. The number of halogens is 5. The summed E-state index contributed by atoms with van der Waals surface area (Å²) < 4.78 is 62.6. The number of carbonyl (C=O) groups is 1. The molecule has 19 heavy (non-hydrogen) atoms. The number of ketones is 1. The standard InChI is InChI=1S/C12H11F5OS/c13-19(14,15,16,17)10-7-5-9(6-8-10)11-3-1-2-4-12(11)18/h3,5-8H,1-2,4H2. The average Bonchev–Trinajstić information content (AvgIpc) is 2.27. The number of hydrogen-bond donors (Lipinski definition) is 0. The summed E-state index contributed by atoms with van der Waals surface area (Å²) in [5, 5.41) is 0. The Morgan fingerprint density at radius 2 is 1.53 bits per heavy atom. The van der Waals surface area contributed by atoms with Gasteiger partial charge in [-0.25, -0.2) is 0 Å². The molecule has 0 bridgehead atoms. The SMILES string of the molecule is O=C1CCCC=C1c1ccc(S(F)(F)(F)(F)F)cc1. The van der Waals surface area contributed by atoms with Gasteiger partial charge in [0, 0.05) is 12.0 Å². The molecule has 0 aliphatic heterocycles. The number of hydrogen-bond acceptors (Lipinski definition) is 1. The molecular formula is C12H11F5OS. The number of carbonyl (C=O) groups excluding carboxylic acids is 1. The molecule has 0 fully saturated rings. The predicted octanol–water partition coefficient (Wildman–Crippen LogP) is 5.48. The van der Waals surface area contributed by atoms with E-state index >= 15 is 0 Å². The third-order valence-corrected chi connectivity index (χ3v) is 4.03. The first-order valence-corrected chi connectivity index (χ1v) is 7.50. The van der Waals surface area contributed by atoms with E-state index < -0.39 is 15.1 Å². The molecule has 2 rings (SSSR count). The molecule has 0 heterocycles. The molecule has 0 unspecified atom stereocenters. The van der Waals surface area contributed by atoms with Crippen molar-refractivity contribution in [2.24, 2.45) is 0 Å². The molecule has 0 radical (unpaired) electrons. The number of rotatable bonds is 2. The van der Waals surface area contributed by atoms with Crippen LogP contribution in [-0.2, 0) is 4.79 Å². The van der Waals surface area contributed by atoms with E-state index in [-0.39, 0.29) is 11.3 Å². The maximum absolute atomic E-state index is 12.5. The van der Waals surface area contributed by atoms with Crippen molar-refractivity contribution in [3.05, 3.63) is 35.9 Å². The molecule has 0 saturated carbocycles. The van der Waals surface area contributed by atoms with Crippen molar-refractivity contribution >= 4 is 21.6 Å². The minimum absolute atomic E-state index is 0.175. The Morgan fingerprint density at radius 1 is 0.947 bits per heavy atom. The quantitative estimate of drug-likeness (QED) is 0.661. The van der Waals surface area contributed by atoms with Crippen LogP contribution < -0.4 is 0 Å². The van der Waals surface area contributed by atoms with Gasteiger partial charge < -0.3 is 0 Å². The van der Waals surface area contributed by atoms with E-state index in [0.29, 0.717) is 37.0 Å². The zero-order valence-electron chi connectivity index (χ0n) is 9.71. The fraction of sp³-hybridized carbons (Fsp3) is 0.250. The summed E-state index contributed by atoms with van der Waals surface area (Å²) in [5.41, 5.74) is 0.551. The fourth-order valence-electron chi connectivity index (χ4n) is 1.93. The maximum atomic E-state index is 12.5. The molecule has 0 aromatic heterocycles. The second-order valence-electron chi connectivity index (χ2n) is 4.43. The van der Waals surface area contributed by atoms with Crippen LogP contribution in [0, 0.1) is 0 Å². The Balaban J connectivity index is 2.41. The first kappa shape index (κ1) is 14.0. The van der Waals surface area contributed by atoms with Crippen LogP contribution in [0.4, 0.5) is 19.4 Å². The van der Waals surface area contributed by atoms with E-state index in [1.165, 1.54) is 0 Å². The van der Waals surface area contributed by atoms with Gasteiger partial charge >= 0.3 is 10.2 Å². The number of Topliss-reactive ketones (excluding diaryl/α,β-unsaturated/α-hetero) is 1. The summed E-state index contributed by atoms with van der Waals surface area (Å²) in [6.07, 6.45) is 3.31. The predicted molar refractivity (Wildman–Crippen MR) is 64.7 cm³/mol. The molecule has 1 aliphatic carbocycles. The second-order valence-corrected chi connectivity index (χ2v) is 6.84. The maximum Gasteiger partial charge on any atom is 0.310 e. The molecule has 1 nitrogen and oxygen atoms in total. The Hall–Kier alpha value is -1.37. The molecule has 0 atom stereocenters. The summed E-state index contributed by atoms with van der Waals surface area (Å²) in [6.45, 7) is 0. The van der Waals surface area contributed by atoms with E-state index in [1.54, 1.807) is 6.08 Å². The van der Waals surface area contributed by atoms with Crippen molar-refractivity contribution in [2.45, 2.75) is 24.2 Å². The van der Waals surface area contributed by atoms with Crippen molar-refractivity contribution in [3.63, 3.8) is 0 Å². The lowest BCUT2D eigenvalue weighted by Crippen LogP contribution is -2.08. The molecule has 7 heteroatoms. The van der Waals surface area contributed by atoms with Crippen LogP contribution in [0.3, 0.4) is 0 Å². The van der Waals surface area contributed by atoms with E-state index in [0.717, 1.165) is 12.1 Å². The fourth-order valence-corrected chi connectivity index (χ4v) is 2.58. The van der Waals surface area contributed by atoms with Crippen LogP contribution in [0.25, 0.3) is 5.57 Å². The van der Waals surface area contributed by atoms with Crippen molar-refractivity contribution in [2.75, 3.05) is 0 Å². The normalized spacial score (nSPS) is 20.5. The van der Waals surface area contributed by atoms with Gasteiger partial charge in [-0.15, -0.1) is 0 Å². The zero-order chi connectivity index (χ0) is 14.4. The van der Waals surface area contributed by atoms with Crippen molar-refractivity contribution in [3.8, 4) is 0 Å². The van der Waals surface area contributed by atoms with Crippen LogP contribution >= 0.6 is 10.2 Å². The Bertz CT molecular complexity index is 556. The highest BCUT2D eigenvalue weighted by atomic mass is 32.5. The van der Waals surface area contributed by atoms with Crippen LogP contribution in [0.5, 0.6) is 0 Å². The first-order chi connectivity index (χ1) is 8.47. The summed E-state index contributed by atoms with van der Waals surface area (Å²) in [4.78, 5) is 9.63. The van der Waals surface area contributed by atoms with E-state index in [9.17, 15) is 24.2 Å². The monoisotopic (exact) mass is 298 g/mol. The molecule has 0 N–H and O–H groups in total. The van der Waals surface area contributed by atoms with Gasteiger partial charge in [-0.05, 0) is 30.5 Å². The van der Waals surface area contributed by atoms with E-state index in [1.807, 2.05) is 0 Å². The van der Waals surface area contributed by atoms with Crippen molar-refractivity contribution in [1.29, 1.82) is 0 Å². The molecule has 0 spiro atoms. The first-order valence-electron chi connectivity index (χ1n) is 5.55. The average molecular weight is 298 g/mol. The van der Waals surface area contributed by atoms with Crippen molar-refractivity contribution < 1.29 is 24.2 Å². The smallest absolute Gasteiger partial charge is 0.294 e. The Labute approximate surface area is 106 Å². The third-order valence-electron chi connectivity index (χ3n) is 2.87. The van der Waals surface area contributed by atoms with E-state index in [2.05, 4.69) is 0 Å². The highest BCUT2D eigenvalue weighted by Gasteiger charge is 2.65. The van der Waals surface area contributed by atoms with Gasteiger partial charge in [0.25, 0.3) is 0 Å². The van der Waals surface area contributed by atoms with E-state index in [4.69, 9.17) is 0 Å². The minimum Gasteiger partial charge on any atom is -0.294 e. The highest BCUT2D eigenvalue weighted by Crippen LogP contribution is 3.02. The molecule has 1 aliphatic rings. The van der Waals surface area contributed by atoms with Crippen molar-refractivity contribution in [1.82, 2.24) is 0 Å². The zero-order valence-corrected chi connectivity index (χ0v) is 10.5. The van der Waals surface area contributed by atoms with Gasteiger partial charge in [0.2, 0.25) is 0 Å². The van der Waals surface area contributed by atoms with Gasteiger partial charge in [0.1, 0.15) is 4.90 Å². The van der Waals surface area contributed by atoms with Crippen LogP contribution in [0.1, 0.15) is 24.8 Å². The summed E-state index contributed by atoms with van der Waals surface area (Å²) in [5.74, 6) is -0.175. The Morgan fingerprint density at radius 3 is 2.00 bits per heavy atom. The van der Waals surface area contributed by atoms with Crippen LogP contribution in [0.15, 0.2) is 35.2 Å². The topological polar surface area (TPSA) is 17.1 Å². The lowest BCUT2D eigenvalue weighted by atomic mass is 9.93. The van der Waals surface area contributed by atoms with Gasteiger partial charge in [-0.1, -0.05) is 37.6 Å². The molecule has 0 saturated heterocycles. The lowest BCUT2D eigenvalue weighted by molar-refractivity contribution is -0.114. The molecule has 106 valence electrons. The van der Waals surface area contributed by atoms with Gasteiger partial charge in [0.15, 0.2) is 5.78 Å². The minimum atomic E-state index is -9.63. The van der Waals surface area contributed by atoms with Crippen LogP contribution in [-0.4, -0.2) is 5.78 Å². The molecular weight excluding hydrogens is 287 g/mol. The van der Waals surface area contributed by atoms with Gasteiger partial charge in [-0.3, -0.25) is 4.79 Å². The lowest BCUT2D eigenvalue weighted by Gasteiger charge is -2.40. The molecule has 0 amide bonds. The number of allylic oxidation sites excluding steroid dienone is 2. The summed E-state index contributed by atoms with van der Waals surface area (Å²) in [6, 6.07) is 2.50. The second kappa shape index (κ2) is 3.59. The molecule has 1 aromatic carbocycles. The van der Waals surface area contributed by atoms with Gasteiger partial charge in [0.05, 0.1) is 0 Å². The summed E-state index contributed by atoms with van der Waals surface area (Å²) >= 11 is 0. The van der Waals surface area contributed by atoms with Crippen LogP contribution in [0.2, 0.25) is 0 Å². The van der Waals surface area contributed by atoms with Gasteiger partial charge in [-0.2, -0.15) is 0 Å². The molecule has 1 aromatic rings. The highest BCUT2D eigenvalue weighted by molar-refractivity contribution is 8.45.